The summed E-state index contributed by atoms with van der Waals surface area (Å²) >= 11 is 1.44. The average molecular weight is 511 g/mol. The van der Waals surface area contributed by atoms with Crippen molar-refractivity contribution in [3.8, 4) is 16.9 Å². The van der Waals surface area contributed by atoms with Gasteiger partial charge in [0.15, 0.2) is 5.71 Å². The smallest absolute Gasteiger partial charge is 0.335 e. The van der Waals surface area contributed by atoms with Crippen molar-refractivity contribution >= 4 is 46.0 Å². The first-order valence-corrected chi connectivity index (χ1v) is 12.3. The van der Waals surface area contributed by atoms with Crippen molar-refractivity contribution in [3.05, 3.63) is 99.7 Å². The van der Waals surface area contributed by atoms with Crippen LogP contribution in [0.3, 0.4) is 0 Å². The Bertz CT molecular complexity index is 1590. The summed E-state index contributed by atoms with van der Waals surface area (Å²) in [4.78, 5) is 25.6. The maximum Gasteiger partial charge on any atom is 0.335 e. The largest absolute Gasteiger partial charge is 0.505 e. The number of carboxylic acid groups (broad SMARTS) is 1. The van der Waals surface area contributed by atoms with Crippen LogP contribution in [0.2, 0.25) is 0 Å². The van der Waals surface area contributed by atoms with E-state index in [-0.39, 0.29) is 22.7 Å². The van der Waals surface area contributed by atoms with Gasteiger partial charge in [-0.05, 0) is 72.3 Å². The summed E-state index contributed by atoms with van der Waals surface area (Å²) in [6, 6.07) is 20.7. The Hall–Kier alpha value is -4.76. The van der Waals surface area contributed by atoms with Crippen molar-refractivity contribution in [3.63, 3.8) is 0 Å². The summed E-state index contributed by atoms with van der Waals surface area (Å²) in [6.07, 6.45) is 0. The van der Waals surface area contributed by atoms with Crippen LogP contribution in [0, 0.1) is 13.8 Å². The molecule has 1 aliphatic heterocycles. The molecular formula is C28H22N4O4S. The van der Waals surface area contributed by atoms with E-state index < -0.39 is 11.9 Å². The molecule has 0 spiro atoms. The summed E-state index contributed by atoms with van der Waals surface area (Å²) in [5, 5.41) is 32.4. The van der Waals surface area contributed by atoms with E-state index in [1.807, 2.05) is 49.6 Å². The number of hydrazone groups is 2. The maximum atomic E-state index is 13.4. The summed E-state index contributed by atoms with van der Waals surface area (Å²) < 4.78 is 0. The van der Waals surface area contributed by atoms with Crippen molar-refractivity contribution in [1.29, 1.82) is 0 Å². The lowest BCUT2D eigenvalue weighted by atomic mass is 10.0. The number of thiophene rings is 1. The monoisotopic (exact) mass is 510 g/mol. The van der Waals surface area contributed by atoms with Gasteiger partial charge in [0.1, 0.15) is 11.5 Å². The van der Waals surface area contributed by atoms with Crippen LogP contribution in [0.15, 0.2) is 88.4 Å². The highest BCUT2D eigenvalue weighted by molar-refractivity contribution is 7.13. The average Bonchev–Trinajstić information content (AvgIpc) is 3.53. The van der Waals surface area contributed by atoms with Crippen LogP contribution in [0.4, 0.5) is 11.4 Å². The molecule has 0 fully saturated rings. The van der Waals surface area contributed by atoms with Gasteiger partial charge in [0.25, 0.3) is 0 Å². The van der Waals surface area contributed by atoms with E-state index in [4.69, 9.17) is 0 Å². The van der Waals surface area contributed by atoms with E-state index in [9.17, 15) is 19.8 Å². The highest BCUT2D eigenvalue weighted by Gasteiger charge is 2.35. The number of carboxylic acids is 1. The van der Waals surface area contributed by atoms with Crippen LogP contribution in [-0.2, 0) is 4.79 Å². The molecule has 1 aromatic heterocycles. The van der Waals surface area contributed by atoms with Gasteiger partial charge in [-0.2, -0.15) is 15.2 Å². The number of carbonyl (C=O) groups is 2. The summed E-state index contributed by atoms with van der Waals surface area (Å²) in [7, 11) is 0. The number of phenolic OH excluding ortho intramolecular Hbond substituents is 1. The number of carbonyl (C=O) groups excluding carboxylic acids is 1. The molecule has 37 heavy (non-hydrogen) atoms. The third-order valence-electron chi connectivity index (χ3n) is 6.05. The number of benzene rings is 3. The number of rotatable bonds is 6. The van der Waals surface area contributed by atoms with E-state index in [0.29, 0.717) is 22.5 Å². The minimum atomic E-state index is -1.06. The van der Waals surface area contributed by atoms with Crippen molar-refractivity contribution in [2.45, 2.75) is 13.8 Å². The van der Waals surface area contributed by atoms with Gasteiger partial charge < -0.3 is 10.2 Å². The summed E-state index contributed by atoms with van der Waals surface area (Å²) in [5.74, 6) is -1.58. The first kappa shape index (κ1) is 24.0. The molecule has 0 saturated carbocycles. The number of aromatic hydroxyl groups is 1. The number of nitrogens with zero attached hydrogens (tertiary/aromatic N) is 3. The lowest BCUT2D eigenvalue weighted by molar-refractivity contribution is -0.112. The Balaban J connectivity index is 1.50. The Morgan fingerprint density at radius 3 is 2.54 bits per heavy atom. The number of nitrogens with one attached hydrogen (secondary N) is 1. The second-order valence-electron chi connectivity index (χ2n) is 8.47. The minimum Gasteiger partial charge on any atom is -0.505 e. The van der Waals surface area contributed by atoms with Crippen molar-refractivity contribution in [1.82, 2.24) is 0 Å². The van der Waals surface area contributed by atoms with Gasteiger partial charge in [-0.15, -0.1) is 11.3 Å². The third-order valence-corrected chi connectivity index (χ3v) is 6.93. The van der Waals surface area contributed by atoms with Gasteiger partial charge >= 0.3 is 11.9 Å². The molecule has 0 atom stereocenters. The van der Waals surface area contributed by atoms with Crippen LogP contribution in [0.1, 0.15) is 26.4 Å². The van der Waals surface area contributed by atoms with E-state index in [0.717, 1.165) is 16.0 Å². The summed E-state index contributed by atoms with van der Waals surface area (Å²) in [6.45, 7) is 3.97. The van der Waals surface area contributed by atoms with Crippen LogP contribution >= 0.6 is 11.3 Å². The lowest BCUT2D eigenvalue weighted by Gasteiger charge is -2.13. The first-order chi connectivity index (χ1) is 17.8. The zero-order valence-corrected chi connectivity index (χ0v) is 20.8. The van der Waals surface area contributed by atoms with Gasteiger partial charge in [-0.25, -0.2) is 4.79 Å². The molecule has 2 heterocycles. The van der Waals surface area contributed by atoms with Crippen molar-refractivity contribution < 1.29 is 19.8 Å². The molecule has 0 radical (unpaired) electrons. The van der Waals surface area contributed by atoms with E-state index in [2.05, 4.69) is 15.6 Å². The van der Waals surface area contributed by atoms with Gasteiger partial charge in [0.05, 0.1) is 21.8 Å². The molecule has 0 unspecified atom stereocenters. The zero-order chi connectivity index (χ0) is 26.1. The fourth-order valence-corrected chi connectivity index (χ4v) is 4.62. The molecule has 0 aliphatic carbocycles. The molecule has 4 aromatic rings. The number of phenols is 1. The molecule has 8 nitrogen and oxygen atoms in total. The van der Waals surface area contributed by atoms with Crippen molar-refractivity contribution in [2.75, 3.05) is 10.4 Å². The quantitative estimate of drug-likeness (QED) is 0.229. The second-order valence-corrected chi connectivity index (χ2v) is 9.42. The number of hydrogen-bond acceptors (Lipinski definition) is 7. The zero-order valence-electron chi connectivity index (χ0n) is 20.0. The number of hydrogen-bond donors (Lipinski definition) is 3. The molecule has 9 heteroatoms. The van der Waals surface area contributed by atoms with Crippen molar-refractivity contribution in [2.24, 2.45) is 10.2 Å². The van der Waals surface area contributed by atoms with E-state index in [1.165, 1.54) is 28.5 Å². The molecule has 0 saturated heterocycles. The van der Waals surface area contributed by atoms with Crippen LogP contribution in [-0.4, -0.2) is 33.5 Å². The third kappa shape index (κ3) is 4.60. The highest BCUT2D eigenvalue weighted by Crippen LogP contribution is 2.36. The maximum absolute atomic E-state index is 13.4. The Morgan fingerprint density at radius 2 is 1.81 bits per heavy atom. The first-order valence-electron chi connectivity index (χ1n) is 11.4. The van der Waals surface area contributed by atoms with Gasteiger partial charge in [0, 0.05) is 5.56 Å². The second kappa shape index (κ2) is 9.71. The van der Waals surface area contributed by atoms with Gasteiger partial charge in [-0.1, -0.05) is 36.4 Å². The van der Waals surface area contributed by atoms with Crippen LogP contribution in [0.5, 0.6) is 5.75 Å². The Morgan fingerprint density at radius 1 is 1.00 bits per heavy atom. The van der Waals surface area contributed by atoms with Gasteiger partial charge in [0.2, 0.25) is 0 Å². The fraction of sp³-hybridized carbons (Fsp3) is 0.0714. The van der Waals surface area contributed by atoms with E-state index in [1.54, 1.807) is 30.3 Å². The predicted octanol–water partition coefficient (Wildman–Crippen LogP) is 5.65. The molecule has 5 rings (SSSR count). The predicted molar refractivity (Wildman–Crippen MR) is 146 cm³/mol. The number of aryl methyl sites for hydroxylation is 2. The lowest BCUT2D eigenvalue weighted by Crippen LogP contribution is -2.28. The topological polar surface area (TPSA) is 115 Å². The molecule has 184 valence electrons. The van der Waals surface area contributed by atoms with Gasteiger partial charge in [-0.3, -0.25) is 10.2 Å². The molecule has 3 N–H and O–H groups in total. The standard InChI is InChI=1S/C28H22N4O4S/c1-16-11-12-20(14-17(16)2)32-27(34)25(24(31-32)23-10-5-13-37-23)30-29-22-9-4-8-21(26(22)33)18-6-3-7-19(15-18)28(35)36/h3-15,29,33H,1-2H3,(H,35,36). The molecule has 1 aliphatic rings. The SMILES string of the molecule is Cc1ccc(N2N=C(c3cccs3)C(=NNc3cccc(-c4cccc(C(=O)O)c4)c3O)C2=O)cc1C. The fourth-order valence-electron chi connectivity index (χ4n) is 3.91. The molecular weight excluding hydrogens is 488 g/mol. The van der Waals surface area contributed by atoms with E-state index >= 15 is 0 Å². The normalized spacial score (nSPS) is 14.2. The molecule has 1 amide bonds. The molecule has 3 aromatic carbocycles. The Kier molecular flexibility index (Phi) is 6.29. The number of anilines is 2. The van der Waals surface area contributed by atoms with Crippen LogP contribution in [0.25, 0.3) is 11.1 Å². The highest BCUT2D eigenvalue weighted by atomic mass is 32.1. The summed E-state index contributed by atoms with van der Waals surface area (Å²) in [5.41, 5.74) is 7.46. The number of amides is 1. The number of para-hydroxylation sites is 1. The minimum absolute atomic E-state index is 0.107. The van der Waals surface area contributed by atoms with Crippen LogP contribution < -0.4 is 10.4 Å². The molecule has 0 bridgehead atoms. The Labute approximate surface area is 216 Å². The number of aromatic carboxylic acids is 1.